The number of amides is 2. The molecule has 7 nitrogen and oxygen atoms in total. The molecule has 0 saturated carbocycles. The zero-order valence-electron chi connectivity index (χ0n) is 16.0. The summed E-state index contributed by atoms with van der Waals surface area (Å²) in [7, 11) is 1.62. The van der Waals surface area contributed by atoms with Gasteiger partial charge in [-0.2, -0.15) is 4.98 Å². The third kappa shape index (κ3) is 4.51. The molecule has 0 bridgehead atoms. The monoisotopic (exact) mass is 412 g/mol. The smallest absolute Gasteiger partial charge is 0.321 e. The van der Waals surface area contributed by atoms with Crippen molar-refractivity contribution in [2.45, 2.75) is 18.8 Å². The third-order valence-electron chi connectivity index (χ3n) is 4.92. The van der Waals surface area contributed by atoms with Gasteiger partial charge in [-0.05, 0) is 55.3 Å². The second kappa shape index (κ2) is 8.53. The molecule has 2 heterocycles. The van der Waals surface area contributed by atoms with Crippen LogP contribution in [0.15, 0.2) is 53.1 Å². The van der Waals surface area contributed by atoms with Gasteiger partial charge in [-0.15, -0.1) is 0 Å². The number of piperidine rings is 1. The van der Waals surface area contributed by atoms with Crippen LogP contribution < -0.4 is 10.1 Å². The third-order valence-corrected chi connectivity index (χ3v) is 5.16. The maximum absolute atomic E-state index is 12.6. The van der Waals surface area contributed by atoms with E-state index in [1.54, 1.807) is 30.2 Å². The molecule has 4 rings (SSSR count). The summed E-state index contributed by atoms with van der Waals surface area (Å²) in [5.41, 5.74) is 1.52. The molecule has 1 atom stereocenters. The van der Waals surface area contributed by atoms with Crippen LogP contribution in [-0.2, 0) is 0 Å². The zero-order valence-corrected chi connectivity index (χ0v) is 16.7. The predicted molar refractivity (Wildman–Crippen MR) is 110 cm³/mol. The fourth-order valence-corrected chi connectivity index (χ4v) is 3.58. The van der Waals surface area contributed by atoms with Crippen molar-refractivity contribution in [2.24, 2.45) is 0 Å². The van der Waals surface area contributed by atoms with Crippen molar-refractivity contribution in [2.75, 3.05) is 25.5 Å². The lowest BCUT2D eigenvalue weighted by Crippen LogP contribution is -2.41. The predicted octanol–water partition coefficient (Wildman–Crippen LogP) is 4.81. The van der Waals surface area contributed by atoms with Gasteiger partial charge in [-0.3, -0.25) is 0 Å². The van der Waals surface area contributed by atoms with E-state index in [0.717, 1.165) is 24.2 Å². The Morgan fingerprint density at radius 1 is 1.28 bits per heavy atom. The summed E-state index contributed by atoms with van der Waals surface area (Å²) in [6, 6.07) is 14.4. The van der Waals surface area contributed by atoms with Gasteiger partial charge in [0, 0.05) is 29.4 Å². The van der Waals surface area contributed by atoms with Gasteiger partial charge in [0.25, 0.3) is 0 Å². The van der Waals surface area contributed by atoms with Crippen molar-refractivity contribution in [3.8, 4) is 17.1 Å². The molecular formula is C21H21ClN4O3. The van der Waals surface area contributed by atoms with Crippen LogP contribution in [0, 0.1) is 0 Å². The minimum Gasteiger partial charge on any atom is -0.497 e. The average molecular weight is 413 g/mol. The molecule has 2 aromatic carbocycles. The minimum absolute atomic E-state index is 0.00774. The first-order chi connectivity index (χ1) is 14.1. The summed E-state index contributed by atoms with van der Waals surface area (Å²) in [6.45, 7) is 1.21. The Morgan fingerprint density at radius 3 is 2.86 bits per heavy atom. The number of nitrogens with one attached hydrogen (secondary N) is 1. The molecule has 2 amide bonds. The van der Waals surface area contributed by atoms with E-state index in [1.807, 2.05) is 30.3 Å². The van der Waals surface area contributed by atoms with Gasteiger partial charge < -0.3 is 19.5 Å². The van der Waals surface area contributed by atoms with Gasteiger partial charge in [-0.25, -0.2) is 4.79 Å². The van der Waals surface area contributed by atoms with Crippen LogP contribution in [0.5, 0.6) is 5.75 Å². The molecule has 1 unspecified atom stereocenters. The number of likely N-dealkylation sites (tertiary alicyclic amines) is 1. The number of aromatic nitrogens is 2. The number of nitrogens with zero attached hydrogens (tertiary/aromatic N) is 3. The van der Waals surface area contributed by atoms with Crippen molar-refractivity contribution in [3.05, 3.63) is 59.4 Å². The Balaban J connectivity index is 1.43. The Kier molecular flexibility index (Phi) is 5.67. The van der Waals surface area contributed by atoms with Crippen molar-refractivity contribution in [1.82, 2.24) is 15.0 Å². The highest BCUT2D eigenvalue weighted by molar-refractivity contribution is 6.30. The zero-order chi connectivity index (χ0) is 20.2. The van der Waals surface area contributed by atoms with Crippen molar-refractivity contribution in [1.29, 1.82) is 0 Å². The van der Waals surface area contributed by atoms with E-state index < -0.39 is 0 Å². The standard InChI is InChI=1S/C21H21ClN4O3/c1-28-18-9-7-14(8-10-18)19-24-20(29-25-19)15-4-3-11-26(13-15)21(27)23-17-6-2-5-16(22)12-17/h2,5-10,12,15H,3-4,11,13H2,1H3,(H,23,27). The second-order valence-corrected chi connectivity index (χ2v) is 7.35. The quantitative estimate of drug-likeness (QED) is 0.665. The first kappa shape index (κ1) is 19.3. The van der Waals surface area contributed by atoms with Gasteiger partial charge in [0.05, 0.1) is 13.0 Å². The topological polar surface area (TPSA) is 80.5 Å². The highest BCUT2D eigenvalue weighted by Crippen LogP contribution is 2.28. The number of hydrogen-bond acceptors (Lipinski definition) is 5. The molecule has 1 aliphatic rings. The second-order valence-electron chi connectivity index (χ2n) is 6.91. The van der Waals surface area contributed by atoms with Crippen LogP contribution in [0.1, 0.15) is 24.7 Å². The lowest BCUT2D eigenvalue weighted by atomic mass is 9.98. The van der Waals surface area contributed by atoms with Crippen LogP contribution in [-0.4, -0.2) is 41.3 Å². The molecule has 0 radical (unpaired) electrons. The van der Waals surface area contributed by atoms with Gasteiger partial charge >= 0.3 is 6.03 Å². The van der Waals surface area contributed by atoms with E-state index in [9.17, 15) is 4.79 Å². The fraction of sp³-hybridized carbons (Fsp3) is 0.286. The number of carbonyl (C=O) groups excluding carboxylic acids is 1. The SMILES string of the molecule is COc1ccc(-c2noc(C3CCCN(C(=O)Nc4cccc(Cl)c4)C3)n2)cc1. The van der Waals surface area contributed by atoms with Crippen molar-refractivity contribution < 1.29 is 14.1 Å². The first-order valence-corrected chi connectivity index (χ1v) is 9.79. The number of ether oxygens (including phenoxy) is 1. The number of anilines is 1. The summed E-state index contributed by atoms with van der Waals surface area (Å²) in [5.74, 6) is 1.86. The van der Waals surface area contributed by atoms with Crippen LogP contribution >= 0.6 is 11.6 Å². The molecule has 0 aliphatic carbocycles. The van der Waals surface area contributed by atoms with Crippen LogP contribution in [0.3, 0.4) is 0 Å². The Labute approximate surface area is 173 Å². The van der Waals surface area contributed by atoms with E-state index in [0.29, 0.717) is 35.5 Å². The largest absolute Gasteiger partial charge is 0.497 e. The fourth-order valence-electron chi connectivity index (χ4n) is 3.39. The number of urea groups is 1. The molecule has 1 fully saturated rings. The molecule has 1 aliphatic heterocycles. The summed E-state index contributed by atoms with van der Waals surface area (Å²) in [4.78, 5) is 19.0. The number of methoxy groups -OCH3 is 1. The van der Waals surface area contributed by atoms with Gasteiger partial charge in [-0.1, -0.05) is 22.8 Å². The summed E-state index contributed by atoms with van der Waals surface area (Å²) in [6.07, 6.45) is 1.76. The van der Waals surface area contributed by atoms with Crippen molar-refractivity contribution >= 4 is 23.3 Å². The number of halogens is 1. The molecule has 29 heavy (non-hydrogen) atoms. The van der Waals surface area contributed by atoms with E-state index >= 15 is 0 Å². The van der Waals surface area contributed by atoms with E-state index in [1.165, 1.54) is 0 Å². The summed E-state index contributed by atoms with van der Waals surface area (Å²) in [5, 5.41) is 7.57. The molecule has 0 spiro atoms. The summed E-state index contributed by atoms with van der Waals surface area (Å²) >= 11 is 5.99. The molecule has 8 heteroatoms. The number of hydrogen-bond donors (Lipinski definition) is 1. The maximum atomic E-state index is 12.6. The van der Waals surface area contributed by atoms with E-state index in [4.69, 9.17) is 20.9 Å². The Hall–Kier alpha value is -3.06. The lowest BCUT2D eigenvalue weighted by molar-refractivity contribution is 0.184. The molecular weight excluding hydrogens is 392 g/mol. The maximum Gasteiger partial charge on any atom is 0.321 e. The van der Waals surface area contributed by atoms with E-state index in [-0.39, 0.29) is 11.9 Å². The molecule has 150 valence electrons. The average Bonchev–Trinajstić information content (AvgIpc) is 3.24. The van der Waals surface area contributed by atoms with Crippen LogP contribution in [0.25, 0.3) is 11.4 Å². The lowest BCUT2D eigenvalue weighted by Gasteiger charge is -2.31. The Bertz CT molecular complexity index is 990. The minimum atomic E-state index is -0.160. The van der Waals surface area contributed by atoms with Crippen molar-refractivity contribution in [3.63, 3.8) is 0 Å². The van der Waals surface area contributed by atoms with Gasteiger partial charge in [0.15, 0.2) is 0 Å². The normalized spacial score (nSPS) is 16.5. The molecule has 3 aromatic rings. The first-order valence-electron chi connectivity index (χ1n) is 9.42. The van der Waals surface area contributed by atoms with Crippen LogP contribution in [0.4, 0.5) is 10.5 Å². The summed E-state index contributed by atoms with van der Waals surface area (Å²) < 4.78 is 10.7. The van der Waals surface area contributed by atoms with E-state index in [2.05, 4.69) is 15.5 Å². The highest BCUT2D eigenvalue weighted by atomic mass is 35.5. The molecule has 1 saturated heterocycles. The Morgan fingerprint density at radius 2 is 2.10 bits per heavy atom. The number of rotatable bonds is 4. The van der Waals surface area contributed by atoms with Gasteiger partial charge in [0.2, 0.25) is 11.7 Å². The van der Waals surface area contributed by atoms with Crippen LogP contribution in [0.2, 0.25) is 5.02 Å². The number of benzene rings is 2. The van der Waals surface area contributed by atoms with Gasteiger partial charge in [0.1, 0.15) is 5.75 Å². The number of carbonyl (C=O) groups is 1. The highest BCUT2D eigenvalue weighted by Gasteiger charge is 2.28. The molecule has 1 aromatic heterocycles. The molecule has 1 N–H and O–H groups in total.